The van der Waals surface area contributed by atoms with Crippen LogP contribution in [0.5, 0.6) is 0 Å². The van der Waals surface area contributed by atoms with Crippen LogP contribution in [0.1, 0.15) is 83.8 Å². The van der Waals surface area contributed by atoms with Crippen molar-refractivity contribution in [3.05, 3.63) is 35.4 Å². The van der Waals surface area contributed by atoms with Gasteiger partial charge in [-0.1, -0.05) is 64.8 Å². The van der Waals surface area contributed by atoms with Crippen LogP contribution in [0.15, 0.2) is 24.3 Å². The van der Waals surface area contributed by atoms with Crippen molar-refractivity contribution in [2.45, 2.75) is 97.2 Å². The topological polar surface area (TPSA) is 52.7 Å². The van der Waals surface area contributed by atoms with Crippen LogP contribution in [0.3, 0.4) is 0 Å². The molecule has 0 bridgehead atoms. The molecule has 2 amide bonds. The Morgan fingerprint density at radius 1 is 1.00 bits per heavy atom. The molecule has 0 radical (unpaired) electrons. The lowest BCUT2D eigenvalue weighted by atomic mass is 9.80. The number of carbonyl (C=O) groups excluding carboxylic acids is 2. The molecule has 2 saturated heterocycles. The molecule has 1 N–H and O–H groups in total. The lowest BCUT2D eigenvalue weighted by Gasteiger charge is -2.52. The van der Waals surface area contributed by atoms with E-state index in [0.29, 0.717) is 18.9 Å². The van der Waals surface area contributed by atoms with Crippen molar-refractivity contribution < 1.29 is 9.59 Å². The van der Waals surface area contributed by atoms with Gasteiger partial charge in [0.05, 0.1) is 0 Å². The Labute approximate surface area is 194 Å². The first-order valence-corrected chi connectivity index (χ1v) is 12.8. The summed E-state index contributed by atoms with van der Waals surface area (Å²) >= 11 is 0. The Morgan fingerprint density at radius 3 is 2.22 bits per heavy atom. The Morgan fingerprint density at radius 2 is 1.62 bits per heavy atom. The van der Waals surface area contributed by atoms with Gasteiger partial charge in [-0.25, -0.2) is 0 Å². The van der Waals surface area contributed by atoms with Crippen molar-refractivity contribution in [2.75, 3.05) is 19.6 Å². The van der Waals surface area contributed by atoms with Crippen LogP contribution in [0.25, 0.3) is 0 Å². The first-order valence-electron chi connectivity index (χ1n) is 12.8. The van der Waals surface area contributed by atoms with Crippen LogP contribution >= 0.6 is 0 Å². The van der Waals surface area contributed by atoms with Gasteiger partial charge in [0.1, 0.15) is 11.6 Å². The molecule has 2 aliphatic heterocycles. The molecule has 0 aromatic heterocycles. The van der Waals surface area contributed by atoms with Crippen molar-refractivity contribution in [1.29, 1.82) is 0 Å². The number of aryl methyl sites for hydroxylation is 1. The molecule has 3 rings (SSSR count). The van der Waals surface area contributed by atoms with Gasteiger partial charge in [-0.3, -0.25) is 14.5 Å². The summed E-state index contributed by atoms with van der Waals surface area (Å²) in [6, 6.07) is 8.64. The van der Waals surface area contributed by atoms with Crippen LogP contribution in [0.2, 0.25) is 0 Å². The molecule has 1 atom stereocenters. The maximum atomic E-state index is 13.4. The van der Waals surface area contributed by atoms with E-state index >= 15 is 0 Å². The lowest BCUT2D eigenvalue weighted by Crippen LogP contribution is -2.73. The minimum absolute atomic E-state index is 0.0683. The first-order chi connectivity index (χ1) is 15.4. The van der Waals surface area contributed by atoms with Gasteiger partial charge < -0.3 is 10.2 Å². The maximum absolute atomic E-state index is 13.4. The molecule has 2 aliphatic rings. The van der Waals surface area contributed by atoms with Gasteiger partial charge in [-0.2, -0.15) is 0 Å². The van der Waals surface area contributed by atoms with Gasteiger partial charge in [0.2, 0.25) is 11.8 Å². The summed E-state index contributed by atoms with van der Waals surface area (Å²) in [5.74, 6) is 0.572. The van der Waals surface area contributed by atoms with Gasteiger partial charge in [0.25, 0.3) is 0 Å². The van der Waals surface area contributed by atoms with Crippen molar-refractivity contribution in [3.8, 4) is 0 Å². The Balaban J connectivity index is 1.65. The Kier molecular flexibility index (Phi) is 8.75. The van der Waals surface area contributed by atoms with Gasteiger partial charge >= 0.3 is 0 Å². The molecule has 1 unspecified atom stereocenters. The SMILES string of the molecule is CCCCc1ccc(CN2CCC3(CC2)C(=O)NC(CC(C)C)C(=O)N3CCCC)cc1. The standard InChI is InChI=1S/C27H43N3O2/c1-5-7-9-22-10-12-23(13-11-22)20-29-17-14-27(15-18-29)26(32)28-24(19-21(3)4)25(31)30(27)16-8-6-2/h10-13,21,24H,5-9,14-20H2,1-4H3,(H,28,32). The number of nitrogens with zero attached hydrogens (tertiary/aromatic N) is 2. The van der Waals surface area contributed by atoms with Gasteiger partial charge in [0.15, 0.2) is 0 Å². The molecular formula is C27H43N3O2. The summed E-state index contributed by atoms with van der Waals surface area (Å²) < 4.78 is 0. The smallest absolute Gasteiger partial charge is 0.246 e. The fraction of sp³-hybridized carbons (Fsp3) is 0.704. The zero-order valence-electron chi connectivity index (χ0n) is 20.7. The second-order valence-electron chi connectivity index (χ2n) is 10.2. The molecular weight excluding hydrogens is 398 g/mol. The molecule has 0 saturated carbocycles. The number of rotatable bonds is 10. The number of benzene rings is 1. The summed E-state index contributed by atoms with van der Waals surface area (Å²) in [7, 11) is 0. The summed E-state index contributed by atoms with van der Waals surface area (Å²) in [4.78, 5) is 31.1. The van der Waals surface area contributed by atoms with E-state index in [1.54, 1.807) is 0 Å². The third-order valence-corrected chi connectivity index (χ3v) is 7.18. The predicted octanol–water partition coefficient (Wildman–Crippen LogP) is 4.54. The average Bonchev–Trinajstić information content (AvgIpc) is 2.78. The van der Waals surface area contributed by atoms with Crippen molar-refractivity contribution in [1.82, 2.24) is 15.1 Å². The maximum Gasteiger partial charge on any atom is 0.246 e. The number of unbranched alkanes of at least 4 members (excludes halogenated alkanes) is 2. The molecule has 32 heavy (non-hydrogen) atoms. The lowest BCUT2D eigenvalue weighted by molar-refractivity contribution is -0.161. The van der Waals surface area contributed by atoms with Crippen LogP contribution in [0, 0.1) is 5.92 Å². The van der Waals surface area contributed by atoms with E-state index in [4.69, 9.17) is 0 Å². The summed E-state index contributed by atoms with van der Waals surface area (Å²) in [6.45, 7) is 11.9. The number of carbonyl (C=O) groups is 2. The second kappa shape index (κ2) is 11.3. The molecule has 1 aromatic rings. The zero-order chi connectivity index (χ0) is 23.1. The van der Waals surface area contributed by atoms with E-state index in [-0.39, 0.29) is 17.9 Å². The van der Waals surface area contributed by atoms with Gasteiger partial charge in [0, 0.05) is 26.2 Å². The number of hydrogen-bond donors (Lipinski definition) is 1. The molecule has 1 aromatic carbocycles. The quantitative estimate of drug-likeness (QED) is 0.580. The molecule has 5 nitrogen and oxygen atoms in total. The highest BCUT2D eigenvalue weighted by molar-refractivity contribution is 6.00. The largest absolute Gasteiger partial charge is 0.342 e. The van der Waals surface area contributed by atoms with E-state index < -0.39 is 5.54 Å². The van der Waals surface area contributed by atoms with E-state index in [1.165, 1.54) is 24.0 Å². The number of piperazine rings is 1. The normalized spacial score (nSPS) is 21.4. The fourth-order valence-corrected chi connectivity index (χ4v) is 5.18. The van der Waals surface area contributed by atoms with E-state index in [2.05, 4.69) is 62.2 Å². The monoisotopic (exact) mass is 441 g/mol. The van der Waals surface area contributed by atoms with E-state index in [9.17, 15) is 9.59 Å². The van der Waals surface area contributed by atoms with Crippen LogP contribution in [0.4, 0.5) is 0 Å². The van der Waals surface area contributed by atoms with Crippen molar-refractivity contribution >= 4 is 11.8 Å². The number of nitrogens with one attached hydrogen (secondary N) is 1. The third-order valence-electron chi connectivity index (χ3n) is 7.18. The number of likely N-dealkylation sites (tertiary alicyclic amines) is 1. The highest BCUT2D eigenvalue weighted by Gasteiger charge is 2.53. The van der Waals surface area contributed by atoms with E-state index in [1.807, 2.05) is 4.90 Å². The van der Waals surface area contributed by atoms with Crippen LogP contribution in [-0.4, -0.2) is 52.8 Å². The van der Waals surface area contributed by atoms with Crippen LogP contribution < -0.4 is 5.32 Å². The van der Waals surface area contributed by atoms with Crippen molar-refractivity contribution in [3.63, 3.8) is 0 Å². The van der Waals surface area contributed by atoms with Crippen LogP contribution in [-0.2, 0) is 22.6 Å². The van der Waals surface area contributed by atoms with E-state index in [0.717, 1.165) is 51.7 Å². The molecule has 5 heteroatoms. The van der Waals surface area contributed by atoms with Gasteiger partial charge in [-0.05, 0) is 55.6 Å². The number of amides is 2. The predicted molar refractivity (Wildman–Crippen MR) is 130 cm³/mol. The number of hydrogen-bond acceptors (Lipinski definition) is 3. The minimum Gasteiger partial charge on any atom is -0.342 e. The third kappa shape index (κ3) is 5.72. The average molecular weight is 442 g/mol. The Hall–Kier alpha value is -1.88. The second-order valence-corrected chi connectivity index (χ2v) is 10.2. The summed E-state index contributed by atoms with van der Waals surface area (Å²) in [5, 5.41) is 3.10. The molecule has 2 fully saturated rings. The van der Waals surface area contributed by atoms with Gasteiger partial charge in [-0.15, -0.1) is 0 Å². The number of piperidine rings is 1. The molecule has 1 spiro atoms. The highest BCUT2D eigenvalue weighted by atomic mass is 16.2. The first kappa shape index (κ1) is 24.8. The van der Waals surface area contributed by atoms with Crippen molar-refractivity contribution in [2.24, 2.45) is 5.92 Å². The summed E-state index contributed by atoms with van der Waals surface area (Å²) in [5.41, 5.74) is 2.07. The fourth-order valence-electron chi connectivity index (χ4n) is 5.18. The molecule has 2 heterocycles. The zero-order valence-corrected chi connectivity index (χ0v) is 20.7. The molecule has 178 valence electrons. The summed E-state index contributed by atoms with van der Waals surface area (Å²) in [6.07, 6.45) is 7.73. The highest BCUT2D eigenvalue weighted by Crippen LogP contribution is 2.34. The Bertz CT molecular complexity index is 751. The minimum atomic E-state index is -0.666. The molecule has 0 aliphatic carbocycles.